The molecule has 1 aliphatic rings. The van der Waals surface area contributed by atoms with Crippen molar-refractivity contribution in [3.8, 4) is 11.3 Å². The average molecular weight is 498 g/mol. The van der Waals surface area contributed by atoms with Crippen LogP contribution < -0.4 is 15.5 Å². The van der Waals surface area contributed by atoms with Crippen molar-refractivity contribution in [3.05, 3.63) is 78.9 Å². The third-order valence-corrected chi connectivity index (χ3v) is 6.24. The molecule has 0 aliphatic carbocycles. The minimum Gasteiger partial charge on any atom is -0.369 e. The molecule has 0 saturated carbocycles. The molecule has 1 amide bonds. The first-order valence-corrected chi connectivity index (χ1v) is 12.1. The van der Waals surface area contributed by atoms with Crippen molar-refractivity contribution >= 4 is 39.8 Å². The predicted octanol–water partition coefficient (Wildman–Crippen LogP) is 5.00. The first-order chi connectivity index (χ1) is 17.9. The summed E-state index contributed by atoms with van der Waals surface area (Å²) in [6.07, 6.45) is 4.27. The number of pyridine rings is 1. The molecule has 9 heteroatoms. The standard InChI is InChI=1S/C28H28FN7O/c1-19(29)16-26(37)32-22-10-11-30-25(17-22)24-5-3-4-20-18-31-28(34-27(20)24)33-21-6-8-23(9-7-21)36-14-12-35(2)13-15-36/h3-11,16-18H,12-15H2,1-2H3,(H,30,32,37)(H,31,33,34). The van der Waals surface area contributed by atoms with Gasteiger partial charge >= 0.3 is 0 Å². The van der Waals surface area contributed by atoms with E-state index in [4.69, 9.17) is 4.98 Å². The van der Waals surface area contributed by atoms with E-state index >= 15 is 0 Å². The van der Waals surface area contributed by atoms with E-state index < -0.39 is 11.7 Å². The number of rotatable bonds is 6. The number of fused-ring (bicyclic) bond motifs is 1. The van der Waals surface area contributed by atoms with E-state index in [-0.39, 0.29) is 0 Å². The molecule has 0 radical (unpaired) electrons. The maximum Gasteiger partial charge on any atom is 0.250 e. The third kappa shape index (κ3) is 5.90. The van der Waals surface area contributed by atoms with Crippen molar-refractivity contribution in [3.63, 3.8) is 0 Å². The number of aromatic nitrogens is 3. The zero-order chi connectivity index (χ0) is 25.8. The minimum absolute atomic E-state index is 0.473. The highest BCUT2D eigenvalue weighted by Crippen LogP contribution is 2.29. The number of amides is 1. The molecule has 2 aromatic heterocycles. The van der Waals surface area contributed by atoms with Gasteiger partial charge in [0.15, 0.2) is 0 Å². The Labute approximate surface area is 214 Å². The number of carbonyl (C=O) groups is 1. The van der Waals surface area contributed by atoms with E-state index in [0.29, 0.717) is 17.3 Å². The van der Waals surface area contributed by atoms with E-state index in [1.807, 2.05) is 30.3 Å². The van der Waals surface area contributed by atoms with E-state index in [1.165, 1.54) is 12.6 Å². The third-order valence-electron chi connectivity index (χ3n) is 6.24. The zero-order valence-electron chi connectivity index (χ0n) is 20.8. The lowest BCUT2D eigenvalue weighted by Gasteiger charge is -2.34. The fourth-order valence-corrected chi connectivity index (χ4v) is 4.29. The topological polar surface area (TPSA) is 86.3 Å². The van der Waals surface area contributed by atoms with Crippen LogP contribution >= 0.6 is 0 Å². The van der Waals surface area contributed by atoms with Crippen LogP contribution in [0.4, 0.5) is 27.4 Å². The number of halogens is 1. The lowest BCUT2D eigenvalue weighted by molar-refractivity contribution is -0.112. The summed E-state index contributed by atoms with van der Waals surface area (Å²) in [6.45, 7) is 5.38. The number of para-hydroxylation sites is 1. The fraction of sp³-hybridized carbons (Fsp3) is 0.214. The Balaban J connectivity index is 1.38. The van der Waals surface area contributed by atoms with Crippen molar-refractivity contribution in [1.29, 1.82) is 0 Å². The number of anilines is 4. The summed E-state index contributed by atoms with van der Waals surface area (Å²) < 4.78 is 13.0. The van der Waals surface area contributed by atoms with Gasteiger partial charge in [0.05, 0.1) is 11.2 Å². The summed E-state index contributed by atoms with van der Waals surface area (Å²) in [7, 11) is 2.15. The molecule has 1 aliphatic heterocycles. The molecule has 3 heterocycles. The number of hydrogen-bond acceptors (Lipinski definition) is 7. The van der Waals surface area contributed by atoms with Gasteiger partial charge in [-0.3, -0.25) is 9.78 Å². The van der Waals surface area contributed by atoms with Gasteiger partial charge in [0.25, 0.3) is 5.91 Å². The van der Waals surface area contributed by atoms with Crippen LogP contribution in [0.5, 0.6) is 0 Å². The van der Waals surface area contributed by atoms with E-state index in [0.717, 1.165) is 54.4 Å². The first-order valence-electron chi connectivity index (χ1n) is 12.1. The normalized spacial score (nSPS) is 14.6. The SMILES string of the molecule is CC(F)=CC(=O)Nc1ccnc(-c2cccc3cnc(Nc4ccc(N5CCN(C)CC5)cc4)nc23)c1. The maximum atomic E-state index is 13.0. The Bertz CT molecular complexity index is 1440. The Morgan fingerprint density at radius 2 is 1.78 bits per heavy atom. The van der Waals surface area contributed by atoms with Crippen LogP contribution in [0.3, 0.4) is 0 Å². The van der Waals surface area contributed by atoms with Gasteiger partial charge in [0, 0.05) is 72.7 Å². The van der Waals surface area contributed by atoms with Crippen LogP contribution in [0.25, 0.3) is 22.2 Å². The maximum absolute atomic E-state index is 13.0. The predicted molar refractivity (Wildman–Crippen MR) is 146 cm³/mol. The van der Waals surface area contributed by atoms with Crippen molar-refractivity contribution in [2.75, 3.05) is 48.8 Å². The van der Waals surface area contributed by atoms with Gasteiger partial charge in [0.2, 0.25) is 5.95 Å². The highest BCUT2D eigenvalue weighted by atomic mass is 19.1. The summed E-state index contributed by atoms with van der Waals surface area (Å²) in [5.74, 6) is -0.630. The minimum atomic E-state index is -0.563. The molecule has 2 aromatic carbocycles. The number of likely N-dealkylation sites (N-methyl/N-ethyl adjacent to an activating group) is 1. The zero-order valence-corrected chi connectivity index (χ0v) is 20.8. The number of nitrogens with one attached hydrogen (secondary N) is 2. The van der Waals surface area contributed by atoms with E-state index in [1.54, 1.807) is 24.5 Å². The summed E-state index contributed by atoms with van der Waals surface area (Å²) in [6, 6.07) is 17.5. The molecule has 5 rings (SSSR count). The van der Waals surface area contributed by atoms with E-state index in [2.05, 4.69) is 49.6 Å². The van der Waals surface area contributed by atoms with Gasteiger partial charge in [-0.05, 0) is 50.4 Å². The quantitative estimate of drug-likeness (QED) is 0.363. The van der Waals surface area contributed by atoms with Crippen molar-refractivity contribution < 1.29 is 9.18 Å². The molecule has 8 nitrogen and oxygen atoms in total. The van der Waals surface area contributed by atoms with Crippen LogP contribution in [0, 0.1) is 0 Å². The van der Waals surface area contributed by atoms with Crippen LogP contribution in [0.2, 0.25) is 0 Å². The molecule has 4 aromatic rings. The number of piperazine rings is 1. The molecule has 1 saturated heterocycles. The van der Waals surface area contributed by atoms with Gasteiger partial charge in [-0.25, -0.2) is 14.4 Å². The Morgan fingerprint density at radius 1 is 1.00 bits per heavy atom. The van der Waals surface area contributed by atoms with Gasteiger partial charge < -0.3 is 20.4 Å². The molecule has 0 atom stereocenters. The molecule has 0 spiro atoms. The van der Waals surface area contributed by atoms with Gasteiger partial charge in [-0.2, -0.15) is 0 Å². The van der Waals surface area contributed by atoms with Crippen molar-refractivity contribution in [1.82, 2.24) is 19.9 Å². The molecule has 2 N–H and O–H groups in total. The van der Waals surface area contributed by atoms with Crippen LogP contribution in [-0.4, -0.2) is 59.0 Å². The molecular formula is C28H28FN7O. The molecule has 37 heavy (non-hydrogen) atoms. The summed E-state index contributed by atoms with van der Waals surface area (Å²) in [4.78, 5) is 30.4. The van der Waals surface area contributed by atoms with Gasteiger partial charge in [0.1, 0.15) is 5.83 Å². The van der Waals surface area contributed by atoms with Crippen molar-refractivity contribution in [2.45, 2.75) is 6.92 Å². The van der Waals surface area contributed by atoms with Gasteiger partial charge in [-0.1, -0.05) is 18.2 Å². The number of hydrogen-bond donors (Lipinski definition) is 2. The average Bonchev–Trinajstić information content (AvgIpc) is 2.89. The molecular weight excluding hydrogens is 469 g/mol. The van der Waals surface area contributed by atoms with Crippen LogP contribution in [0.1, 0.15) is 6.92 Å². The summed E-state index contributed by atoms with van der Waals surface area (Å²) in [5, 5.41) is 6.82. The smallest absolute Gasteiger partial charge is 0.250 e. The number of nitrogens with zero attached hydrogens (tertiary/aromatic N) is 5. The summed E-state index contributed by atoms with van der Waals surface area (Å²) in [5.41, 5.74) is 4.76. The van der Waals surface area contributed by atoms with Crippen LogP contribution in [-0.2, 0) is 4.79 Å². The number of allylic oxidation sites excluding steroid dienone is 1. The monoisotopic (exact) mass is 497 g/mol. The first kappa shape index (κ1) is 24.3. The lowest BCUT2D eigenvalue weighted by Crippen LogP contribution is -2.44. The molecule has 0 unspecified atom stereocenters. The van der Waals surface area contributed by atoms with Crippen LogP contribution in [0.15, 0.2) is 78.9 Å². The Kier molecular flexibility index (Phi) is 7.04. The number of carbonyl (C=O) groups excluding carboxylic acids is 1. The van der Waals surface area contributed by atoms with E-state index in [9.17, 15) is 9.18 Å². The van der Waals surface area contributed by atoms with Gasteiger partial charge in [-0.15, -0.1) is 0 Å². The molecule has 1 fully saturated rings. The highest BCUT2D eigenvalue weighted by Gasteiger charge is 2.14. The fourth-order valence-electron chi connectivity index (χ4n) is 4.29. The van der Waals surface area contributed by atoms with Crippen molar-refractivity contribution in [2.24, 2.45) is 0 Å². The number of benzene rings is 2. The Hall–Kier alpha value is -4.37. The lowest BCUT2D eigenvalue weighted by atomic mass is 10.1. The second kappa shape index (κ2) is 10.7. The largest absolute Gasteiger partial charge is 0.369 e. The Morgan fingerprint density at radius 3 is 2.54 bits per heavy atom. The summed E-state index contributed by atoms with van der Waals surface area (Å²) >= 11 is 0. The molecule has 188 valence electrons. The highest BCUT2D eigenvalue weighted by molar-refractivity contribution is 6.00. The second-order valence-electron chi connectivity index (χ2n) is 9.05. The molecule has 0 bridgehead atoms. The second-order valence-corrected chi connectivity index (χ2v) is 9.05.